The van der Waals surface area contributed by atoms with Crippen LogP contribution in [0.2, 0.25) is 0 Å². The van der Waals surface area contributed by atoms with Crippen LogP contribution in [0.25, 0.3) is 0 Å². The Morgan fingerprint density at radius 3 is 2.63 bits per heavy atom. The Labute approximate surface area is 131 Å². The Kier molecular flexibility index (Phi) is 6.13. The van der Waals surface area contributed by atoms with Crippen LogP contribution in [0.15, 0.2) is 27.1 Å². The van der Waals surface area contributed by atoms with Gasteiger partial charge in [0.1, 0.15) is 18.5 Å². The number of aliphatic hydroxyl groups excluding tert-OH is 1. The molecule has 0 amide bonds. The zero-order valence-electron chi connectivity index (χ0n) is 10.8. The summed E-state index contributed by atoms with van der Waals surface area (Å²) in [6, 6.07) is 5.76. The van der Waals surface area contributed by atoms with E-state index in [-0.39, 0.29) is 0 Å². The lowest BCUT2D eigenvalue weighted by atomic mass is 10.1. The minimum Gasteiger partial charge on any atom is -0.490 e. The van der Waals surface area contributed by atoms with Crippen LogP contribution in [0, 0.1) is 0 Å². The summed E-state index contributed by atoms with van der Waals surface area (Å²) in [4.78, 5) is 2.31. The fraction of sp³-hybridized carbons (Fsp3) is 0.571. The topological polar surface area (TPSA) is 32.7 Å². The quantitative estimate of drug-likeness (QED) is 0.832. The molecule has 1 atom stereocenters. The third-order valence-electron chi connectivity index (χ3n) is 3.24. The first-order valence-electron chi connectivity index (χ1n) is 6.63. The number of aliphatic hydroxyl groups is 1. The van der Waals surface area contributed by atoms with Gasteiger partial charge in [-0.3, -0.25) is 0 Å². The fourth-order valence-electron chi connectivity index (χ4n) is 2.27. The minimum atomic E-state index is -0.436. The van der Waals surface area contributed by atoms with Gasteiger partial charge in [-0.25, -0.2) is 0 Å². The number of halogens is 2. The Balaban J connectivity index is 1.77. The summed E-state index contributed by atoms with van der Waals surface area (Å²) in [5.41, 5.74) is 0. The molecule has 0 radical (unpaired) electrons. The maximum absolute atomic E-state index is 10.0. The van der Waals surface area contributed by atoms with Gasteiger partial charge in [0.2, 0.25) is 0 Å². The lowest BCUT2D eigenvalue weighted by Crippen LogP contribution is -2.38. The van der Waals surface area contributed by atoms with Gasteiger partial charge in [0.15, 0.2) is 0 Å². The van der Waals surface area contributed by atoms with Gasteiger partial charge in [0.05, 0.1) is 4.47 Å². The lowest BCUT2D eigenvalue weighted by molar-refractivity contribution is 0.0615. The van der Waals surface area contributed by atoms with E-state index in [0.717, 1.165) is 27.8 Å². The van der Waals surface area contributed by atoms with E-state index in [2.05, 4.69) is 36.8 Å². The number of nitrogens with zero attached hydrogens (tertiary/aromatic N) is 1. The van der Waals surface area contributed by atoms with Crippen LogP contribution >= 0.6 is 31.9 Å². The van der Waals surface area contributed by atoms with Crippen molar-refractivity contribution < 1.29 is 9.84 Å². The molecule has 0 saturated carbocycles. The van der Waals surface area contributed by atoms with Crippen molar-refractivity contribution in [2.24, 2.45) is 0 Å². The Bertz CT molecular complexity index is 408. The Morgan fingerprint density at radius 2 is 1.95 bits per heavy atom. The van der Waals surface area contributed by atoms with E-state index in [0.29, 0.717) is 13.2 Å². The van der Waals surface area contributed by atoms with Crippen LogP contribution in [-0.4, -0.2) is 42.4 Å². The Hall–Kier alpha value is -0.100. The van der Waals surface area contributed by atoms with Gasteiger partial charge in [-0.2, -0.15) is 0 Å². The molecule has 0 unspecified atom stereocenters. The highest BCUT2D eigenvalue weighted by atomic mass is 79.9. The van der Waals surface area contributed by atoms with E-state index in [1.807, 2.05) is 18.2 Å². The summed E-state index contributed by atoms with van der Waals surface area (Å²) in [5, 5.41) is 10.0. The second kappa shape index (κ2) is 7.62. The van der Waals surface area contributed by atoms with Crippen molar-refractivity contribution in [1.29, 1.82) is 0 Å². The second-order valence-electron chi connectivity index (χ2n) is 4.90. The van der Waals surface area contributed by atoms with Gasteiger partial charge >= 0.3 is 0 Å². The first kappa shape index (κ1) is 15.3. The number of hydrogen-bond donors (Lipinski definition) is 1. The molecule has 3 nitrogen and oxygen atoms in total. The molecular formula is C14H19Br2NO2. The number of likely N-dealkylation sites (tertiary alicyclic amines) is 1. The first-order chi connectivity index (χ1) is 9.15. The zero-order valence-corrected chi connectivity index (χ0v) is 14.0. The van der Waals surface area contributed by atoms with Gasteiger partial charge in [-0.05, 0) is 60.1 Å². The molecule has 106 valence electrons. The number of rotatable bonds is 5. The number of β-amino-alcohol motifs (C(OH)–C–C–N with tert-alkyl or cyclic N) is 1. The fourth-order valence-corrected chi connectivity index (χ4v) is 3.43. The van der Waals surface area contributed by atoms with Gasteiger partial charge in [-0.15, -0.1) is 0 Å². The van der Waals surface area contributed by atoms with Gasteiger partial charge in [-0.1, -0.05) is 22.4 Å². The summed E-state index contributed by atoms with van der Waals surface area (Å²) in [7, 11) is 0. The van der Waals surface area contributed by atoms with E-state index in [1.165, 1.54) is 19.3 Å². The molecule has 19 heavy (non-hydrogen) atoms. The molecular weight excluding hydrogens is 374 g/mol. The standard InChI is InChI=1S/C14H19Br2NO2/c15-11-4-5-14(13(16)8-11)19-10-12(18)9-17-6-2-1-3-7-17/h4-5,8,12,18H,1-3,6-7,9-10H2/t12-/m1/s1. The van der Waals surface area contributed by atoms with E-state index in [1.54, 1.807) is 0 Å². The monoisotopic (exact) mass is 391 g/mol. The molecule has 1 aliphatic rings. The maximum atomic E-state index is 10.0. The molecule has 1 aliphatic heterocycles. The van der Waals surface area contributed by atoms with Crippen LogP contribution in [0.5, 0.6) is 5.75 Å². The summed E-state index contributed by atoms with van der Waals surface area (Å²) >= 11 is 6.85. The lowest BCUT2D eigenvalue weighted by Gasteiger charge is -2.28. The summed E-state index contributed by atoms with van der Waals surface area (Å²) < 4.78 is 7.55. The first-order valence-corrected chi connectivity index (χ1v) is 8.22. The third-order valence-corrected chi connectivity index (χ3v) is 4.36. The van der Waals surface area contributed by atoms with Crippen molar-refractivity contribution in [3.8, 4) is 5.75 Å². The van der Waals surface area contributed by atoms with E-state index in [9.17, 15) is 5.11 Å². The molecule has 0 aromatic heterocycles. The molecule has 1 N–H and O–H groups in total. The van der Waals surface area contributed by atoms with Crippen LogP contribution < -0.4 is 4.74 Å². The smallest absolute Gasteiger partial charge is 0.133 e. The third kappa shape index (κ3) is 5.06. The van der Waals surface area contributed by atoms with Crippen LogP contribution in [0.3, 0.4) is 0 Å². The average molecular weight is 393 g/mol. The number of hydrogen-bond acceptors (Lipinski definition) is 3. The van der Waals surface area contributed by atoms with E-state index in [4.69, 9.17) is 4.74 Å². The number of piperidine rings is 1. The zero-order chi connectivity index (χ0) is 13.7. The average Bonchev–Trinajstić information content (AvgIpc) is 2.39. The number of benzene rings is 1. The van der Waals surface area contributed by atoms with Gasteiger partial charge < -0.3 is 14.7 Å². The highest BCUT2D eigenvalue weighted by Crippen LogP contribution is 2.28. The van der Waals surface area contributed by atoms with E-state index < -0.39 is 6.10 Å². The SMILES string of the molecule is O[C@@H](COc1ccc(Br)cc1Br)CN1CCCCC1. The van der Waals surface area contributed by atoms with Crippen LogP contribution in [0.1, 0.15) is 19.3 Å². The predicted molar refractivity (Wildman–Crippen MR) is 83.6 cm³/mol. The molecule has 1 saturated heterocycles. The van der Waals surface area contributed by atoms with Gasteiger partial charge in [0.25, 0.3) is 0 Å². The normalized spacial score (nSPS) is 18.3. The molecule has 5 heteroatoms. The minimum absolute atomic E-state index is 0.330. The summed E-state index contributed by atoms with van der Waals surface area (Å²) in [5.74, 6) is 0.765. The Morgan fingerprint density at radius 1 is 1.21 bits per heavy atom. The van der Waals surface area contributed by atoms with Crippen molar-refractivity contribution in [3.05, 3.63) is 27.1 Å². The highest BCUT2D eigenvalue weighted by molar-refractivity contribution is 9.11. The van der Waals surface area contributed by atoms with Crippen LogP contribution in [-0.2, 0) is 0 Å². The molecule has 0 spiro atoms. The van der Waals surface area contributed by atoms with Crippen molar-refractivity contribution in [3.63, 3.8) is 0 Å². The van der Waals surface area contributed by atoms with Crippen molar-refractivity contribution in [1.82, 2.24) is 4.90 Å². The molecule has 0 aliphatic carbocycles. The van der Waals surface area contributed by atoms with Crippen molar-refractivity contribution in [2.45, 2.75) is 25.4 Å². The maximum Gasteiger partial charge on any atom is 0.133 e. The molecule has 1 aromatic rings. The number of ether oxygens (including phenoxy) is 1. The summed E-state index contributed by atoms with van der Waals surface area (Å²) in [6.45, 7) is 3.23. The molecule has 0 bridgehead atoms. The predicted octanol–water partition coefficient (Wildman–Crippen LogP) is 3.44. The van der Waals surface area contributed by atoms with Gasteiger partial charge in [0, 0.05) is 11.0 Å². The van der Waals surface area contributed by atoms with Crippen LogP contribution in [0.4, 0.5) is 0 Å². The van der Waals surface area contributed by atoms with Crippen molar-refractivity contribution in [2.75, 3.05) is 26.2 Å². The summed E-state index contributed by atoms with van der Waals surface area (Å²) in [6.07, 6.45) is 3.36. The molecule has 1 fully saturated rings. The van der Waals surface area contributed by atoms with Crippen molar-refractivity contribution >= 4 is 31.9 Å². The second-order valence-corrected chi connectivity index (χ2v) is 6.67. The molecule has 1 aromatic carbocycles. The molecule has 2 rings (SSSR count). The molecule has 1 heterocycles. The van der Waals surface area contributed by atoms with E-state index >= 15 is 0 Å². The largest absolute Gasteiger partial charge is 0.490 e. The highest BCUT2D eigenvalue weighted by Gasteiger charge is 2.15.